The van der Waals surface area contributed by atoms with Crippen molar-refractivity contribution >= 4 is 17.3 Å². The van der Waals surface area contributed by atoms with E-state index in [1.807, 2.05) is 29.6 Å². The average molecular weight is 401 g/mol. The molecule has 6 nitrogen and oxygen atoms in total. The van der Waals surface area contributed by atoms with Crippen LogP contribution in [0.4, 0.5) is 0 Å². The molecule has 1 saturated heterocycles. The van der Waals surface area contributed by atoms with Crippen molar-refractivity contribution in [3.8, 4) is 10.6 Å². The van der Waals surface area contributed by atoms with Gasteiger partial charge in [0, 0.05) is 13.0 Å². The van der Waals surface area contributed by atoms with Crippen molar-refractivity contribution in [1.29, 1.82) is 0 Å². The van der Waals surface area contributed by atoms with Crippen molar-refractivity contribution in [2.45, 2.75) is 51.8 Å². The number of aromatic nitrogens is 1. The highest BCUT2D eigenvalue weighted by Crippen LogP contribution is 2.34. The molecule has 0 saturated carbocycles. The van der Waals surface area contributed by atoms with Crippen molar-refractivity contribution < 1.29 is 18.5 Å². The number of thiophene rings is 1. The Hall–Kier alpha value is -2.38. The monoisotopic (exact) mass is 400 g/mol. The summed E-state index contributed by atoms with van der Waals surface area (Å²) in [6, 6.07) is 10.2. The Balaban J connectivity index is 1.49. The summed E-state index contributed by atoms with van der Waals surface area (Å²) in [6.45, 7) is 3.26. The minimum Gasteiger partial charge on any atom is -0.461 e. The van der Waals surface area contributed by atoms with Crippen LogP contribution < -0.4 is 0 Å². The first-order valence-corrected chi connectivity index (χ1v) is 10.5. The maximum Gasteiger partial charge on any atom is 0.303 e. The van der Waals surface area contributed by atoms with Crippen molar-refractivity contribution in [2.75, 3.05) is 6.54 Å². The van der Waals surface area contributed by atoms with E-state index < -0.39 is 0 Å². The van der Waals surface area contributed by atoms with Gasteiger partial charge >= 0.3 is 5.97 Å². The van der Waals surface area contributed by atoms with Crippen LogP contribution in [0.25, 0.3) is 10.6 Å². The average Bonchev–Trinajstić information content (AvgIpc) is 3.41. The van der Waals surface area contributed by atoms with Crippen LogP contribution in [0.3, 0.4) is 0 Å². The van der Waals surface area contributed by atoms with Crippen LogP contribution in [0.5, 0.6) is 0 Å². The Morgan fingerprint density at radius 2 is 2.18 bits per heavy atom. The lowest BCUT2D eigenvalue weighted by molar-refractivity contribution is -0.142. The number of likely N-dealkylation sites (tertiary alicyclic amines) is 1. The summed E-state index contributed by atoms with van der Waals surface area (Å²) in [6.07, 6.45) is 4.61. The van der Waals surface area contributed by atoms with Gasteiger partial charge in [-0.3, -0.25) is 9.69 Å². The second-order valence-corrected chi connectivity index (χ2v) is 8.02. The Kier molecular flexibility index (Phi) is 5.92. The van der Waals surface area contributed by atoms with E-state index in [1.54, 1.807) is 11.3 Å². The fourth-order valence-corrected chi connectivity index (χ4v) is 4.30. The first-order chi connectivity index (χ1) is 13.7. The first-order valence-electron chi connectivity index (χ1n) is 9.64. The SMILES string of the molecule is CC(=O)OCc1ccc(CN2CCCCC[C@H]2c2cc(-c3cccs3)on2)o1. The predicted molar refractivity (Wildman–Crippen MR) is 106 cm³/mol. The molecule has 0 spiro atoms. The molecule has 0 radical (unpaired) electrons. The molecule has 0 amide bonds. The number of carbonyl (C=O) groups excluding carboxylic acids is 1. The molecule has 1 atom stereocenters. The number of hydrogen-bond acceptors (Lipinski definition) is 7. The van der Waals surface area contributed by atoms with Gasteiger partial charge in [-0.25, -0.2) is 0 Å². The molecule has 0 N–H and O–H groups in total. The second-order valence-electron chi connectivity index (χ2n) is 7.08. The van der Waals surface area contributed by atoms with E-state index in [0.29, 0.717) is 12.3 Å². The van der Waals surface area contributed by atoms with Gasteiger partial charge in [-0.15, -0.1) is 11.3 Å². The minimum absolute atomic E-state index is 0.173. The van der Waals surface area contributed by atoms with Crippen LogP contribution in [0.1, 0.15) is 55.9 Å². The lowest BCUT2D eigenvalue weighted by atomic mass is 10.1. The molecule has 1 aliphatic heterocycles. The summed E-state index contributed by atoms with van der Waals surface area (Å²) >= 11 is 1.65. The molecule has 3 aromatic heterocycles. The molecule has 148 valence electrons. The van der Waals surface area contributed by atoms with Crippen LogP contribution in [0, 0.1) is 0 Å². The molecular formula is C21H24N2O4S. The second kappa shape index (κ2) is 8.75. The summed E-state index contributed by atoms with van der Waals surface area (Å²) in [5.74, 6) is 2.06. The van der Waals surface area contributed by atoms with Crippen LogP contribution in [-0.2, 0) is 22.7 Å². The topological polar surface area (TPSA) is 68.7 Å². The van der Waals surface area contributed by atoms with Gasteiger partial charge in [0.1, 0.15) is 23.8 Å². The van der Waals surface area contributed by atoms with Crippen LogP contribution in [0.2, 0.25) is 0 Å². The molecule has 0 unspecified atom stereocenters. The van der Waals surface area contributed by atoms with Gasteiger partial charge in [-0.1, -0.05) is 24.1 Å². The third-order valence-electron chi connectivity index (χ3n) is 4.99. The zero-order valence-electron chi connectivity index (χ0n) is 15.9. The first kappa shape index (κ1) is 19.0. The van der Waals surface area contributed by atoms with Gasteiger partial charge in [-0.05, 0) is 43.0 Å². The van der Waals surface area contributed by atoms with Crippen molar-refractivity contribution in [2.24, 2.45) is 0 Å². The maximum atomic E-state index is 11.0. The number of ether oxygens (including phenoxy) is 1. The zero-order valence-corrected chi connectivity index (χ0v) is 16.7. The Morgan fingerprint density at radius 3 is 3.00 bits per heavy atom. The number of nitrogens with zero attached hydrogens (tertiary/aromatic N) is 2. The van der Waals surface area contributed by atoms with Gasteiger partial charge in [-0.2, -0.15) is 0 Å². The fourth-order valence-electron chi connectivity index (χ4n) is 3.63. The summed E-state index contributed by atoms with van der Waals surface area (Å²) in [4.78, 5) is 14.5. The summed E-state index contributed by atoms with van der Waals surface area (Å²) in [7, 11) is 0. The van der Waals surface area contributed by atoms with E-state index in [0.717, 1.165) is 41.5 Å². The molecule has 0 aromatic carbocycles. The third kappa shape index (κ3) is 4.54. The zero-order chi connectivity index (χ0) is 19.3. The van der Waals surface area contributed by atoms with Crippen LogP contribution in [-0.4, -0.2) is 22.6 Å². The molecule has 1 fully saturated rings. The van der Waals surface area contributed by atoms with Gasteiger partial charge < -0.3 is 13.7 Å². The molecule has 28 heavy (non-hydrogen) atoms. The van der Waals surface area contributed by atoms with E-state index in [-0.39, 0.29) is 18.6 Å². The van der Waals surface area contributed by atoms with Gasteiger partial charge in [0.25, 0.3) is 0 Å². The molecule has 0 bridgehead atoms. The number of rotatable bonds is 6. The van der Waals surface area contributed by atoms with Crippen LogP contribution in [0.15, 0.2) is 44.7 Å². The quantitative estimate of drug-likeness (QED) is 0.531. The molecule has 4 heterocycles. The number of carbonyl (C=O) groups is 1. The van der Waals surface area contributed by atoms with E-state index in [4.69, 9.17) is 13.7 Å². The highest BCUT2D eigenvalue weighted by Gasteiger charge is 2.27. The standard InChI is InChI=1S/C21H24N2O4S/c1-15(24)25-14-17-9-8-16(26-17)13-23-10-4-2-3-6-19(23)18-12-20(27-22-18)21-7-5-11-28-21/h5,7-9,11-12,19H,2-4,6,10,13-14H2,1H3/t19-/m0/s1. The Morgan fingerprint density at radius 1 is 1.29 bits per heavy atom. The highest BCUT2D eigenvalue weighted by molar-refractivity contribution is 7.13. The Labute approximate surface area is 168 Å². The normalized spacial score (nSPS) is 18.1. The molecule has 3 aromatic rings. The Bertz CT molecular complexity index is 899. The maximum absolute atomic E-state index is 11.0. The van der Waals surface area contributed by atoms with E-state index in [9.17, 15) is 4.79 Å². The summed E-state index contributed by atoms with van der Waals surface area (Å²) in [5.41, 5.74) is 0.983. The minimum atomic E-state index is -0.307. The van der Waals surface area contributed by atoms with Crippen molar-refractivity contribution in [3.63, 3.8) is 0 Å². The number of hydrogen-bond donors (Lipinski definition) is 0. The van der Waals surface area contributed by atoms with E-state index in [1.165, 1.54) is 19.8 Å². The molecule has 1 aliphatic rings. The molecule has 4 rings (SSSR count). The van der Waals surface area contributed by atoms with Gasteiger partial charge in [0.05, 0.1) is 17.5 Å². The summed E-state index contributed by atoms with van der Waals surface area (Å²) < 4.78 is 16.5. The molecule has 0 aliphatic carbocycles. The largest absolute Gasteiger partial charge is 0.461 e. The van der Waals surface area contributed by atoms with E-state index >= 15 is 0 Å². The predicted octanol–water partition coefficient (Wildman–Crippen LogP) is 5.18. The highest BCUT2D eigenvalue weighted by atomic mass is 32.1. The fraction of sp³-hybridized carbons (Fsp3) is 0.429. The number of esters is 1. The van der Waals surface area contributed by atoms with Gasteiger partial charge in [0.15, 0.2) is 5.76 Å². The van der Waals surface area contributed by atoms with Crippen molar-refractivity contribution in [1.82, 2.24) is 10.1 Å². The number of furan rings is 1. The van der Waals surface area contributed by atoms with E-state index in [2.05, 4.69) is 16.1 Å². The van der Waals surface area contributed by atoms with Crippen LogP contribution >= 0.6 is 11.3 Å². The molecular weight excluding hydrogens is 376 g/mol. The van der Waals surface area contributed by atoms with Crippen molar-refractivity contribution in [3.05, 3.63) is 52.9 Å². The lowest BCUT2D eigenvalue weighted by Crippen LogP contribution is -2.28. The van der Waals surface area contributed by atoms with Gasteiger partial charge in [0.2, 0.25) is 0 Å². The smallest absolute Gasteiger partial charge is 0.303 e. The summed E-state index contributed by atoms with van der Waals surface area (Å²) in [5, 5.41) is 6.43. The molecule has 7 heteroatoms. The lowest BCUT2D eigenvalue weighted by Gasteiger charge is -2.27. The third-order valence-corrected chi connectivity index (χ3v) is 5.88.